The van der Waals surface area contributed by atoms with E-state index < -0.39 is 5.60 Å². The van der Waals surface area contributed by atoms with E-state index in [-0.39, 0.29) is 5.41 Å². The number of fused-ring (bicyclic) bond motifs is 5. The minimum Gasteiger partial charge on any atom is -0.390 e. The quantitative estimate of drug-likeness (QED) is 0.644. The SMILES string of the molecule is C=CC(C)(C#N)[C@H]1CC[C@H]2[C@@H]3CC[C@@H]4C[C@](C)(O)CC[C@@H]4[C@H]3CC[C@]12C. The van der Waals surface area contributed by atoms with Crippen molar-refractivity contribution < 1.29 is 5.11 Å². The largest absolute Gasteiger partial charge is 0.390 e. The molecular formula is C24H37NO. The predicted molar refractivity (Wildman–Crippen MR) is 105 cm³/mol. The van der Waals surface area contributed by atoms with Gasteiger partial charge in [0.1, 0.15) is 0 Å². The van der Waals surface area contributed by atoms with E-state index in [4.69, 9.17) is 0 Å². The number of hydrogen-bond acceptors (Lipinski definition) is 2. The molecule has 2 heteroatoms. The van der Waals surface area contributed by atoms with Crippen molar-refractivity contribution in [3.05, 3.63) is 12.7 Å². The molecule has 1 unspecified atom stereocenters. The molecule has 0 bridgehead atoms. The number of nitrogens with zero attached hydrogens (tertiary/aromatic N) is 1. The Morgan fingerprint density at radius 1 is 1.04 bits per heavy atom. The number of nitriles is 1. The molecule has 4 fully saturated rings. The molecule has 0 aromatic heterocycles. The van der Waals surface area contributed by atoms with E-state index in [2.05, 4.69) is 26.5 Å². The van der Waals surface area contributed by atoms with Crippen LogP contribution in [0.4, 0.5) is 0 Å². The van der Waals surface area contributed by atoms with E-state index in [9.17, 15) is 10.4 Å². The fourth-order valence-corrected chi connectivity index (χ4v) is 8.33. The summed E-state index contributed by atoms with van der Waals surface area (Å²) in [6.45, 7) is 10.7. The first-order valence-electron chi connectivity index (χ1n) is 11.0. The highest BCUT2D eigenvalue weighted by atomic mass is 16.3. The molecule has 4 rings (SSSR count). The molecular weight excluding hydrogens is 318 g/mol. The maximum absolute atomic E-state index is 10.5. The molecule has 0 amide bonds. The Bertz CT molecular complexity index is 618. The van der Waals surface area contributed by atoms with E-state index in [1.54, 1.807) is 0 Å². The van der Waals surface area contributed by atoms with E-state index in [1.807, 2.05) is 13.0 Å². The molecule has 2 nitrogen and oxygen atoms in total. The first-order valence-corrected chi connectivity index (χ1v) is 11.0. The van der Waals surface area contributed by atoms with E-state index in [1.165, 1.54) is 44.9 Å². The van der Waals surface area contributed by atoms with E-state index in [0.29, 0.717) is 11.3 Å². The molecule has 0 radical (unpaired) electrons. The van der Waals surface area contributed by atoms with Gasteiger partial charge in [-0.15, -0.1) is 6.58 Å². The summed E-state index contributed by atoms with van der Waals surface area (Å²) in [7, 11) is 0. The lowest BCUT2D eigenvalue weighted by molar-refractivity contribution is -0.103. The Hall–Kier alpha value is -0.810. The number of rotatable bonds is 2. The predicted octanol–water partition coefficient (Wildman–Crippen LogP) is 5.72. The van der Waals surface area contributed by atoms with Gasteiger partial charge in [-0.1, -0.05) is 13.0 Å². The molecule has 1 N–H and O–H groups in total. The van der Waals surface area contributed by atoms with Crippen LogP contribution in [0.3, 0.4) is 0 Å². The topological polar surface area (TPSA) is 44.0 Å². The first kappa shape index (κ1) is 18.5. The first-order chi connectivity index (χ1) is 12.2. The molecule has 144 valence electrons. The van der Waals surface area contributed by atoms with Gasteiger partial charge in [0.2, 0.25) is 0 Å². The highest BCUT2D eigenvalue weighted by Crippen LogP contribution is 2.67. The van der Waals surface area contributed by atoms with Crippen LogP contribution in [0.5, 0.6) is 0 Å². The standard InChI is InChI=1S/C24H37NO/c1-5-22(2,15-25)21-9-8-20-19-7-6-16-14-23(3,26)12-10-17(16)18(19)11-13-24(20,21)4/h5,16-21,26H,1,6-14H2,2-4H3/t16-,17+,18-,19-,20+,21-,22?,23-,24+/m1/s1. The third-order valence-electron chi connectivity index (χ3n) is 9.63. The normalized spacial score (nSPS) is 52.7. The third kappa shape index (κ3) is 2.61. The van der Waals surface area contributed by atoms with Crippen LogP contribution in [-0.4, -0.2) is 10.7 Å². The Kier molecular flexibility index (Phi) is 4.35. The lowest BCUT2D eigenvalue weighted by atomic mass is 9.47. The van der Waals surface area contributed by atoms with Gasteiger partial charge in [-0.05, 0) is 113 Å². The number of allylic oxidation sites excluding steroid dienone is 1. The van der Waals surface area contributed by atoms with Gasteiger partial charge >= 0.3 is 0 Å². The van der Waals surface area contributed by atoms with Crippen LogP contribution in [0.2, 0.25) is 0 Å². The van der Waals surface area contributed by atoms with Gasteiger partial charge in [-0.25, -0.2) is 0 Å². The molecule has 0 heterocycles. The second-order valence-corrected chi connectivity index (χ2v) is 10.9. The van der Waals surface area contributed by atoms with Crippen LogP contribution in [0.15, 0.2) is 12.7 Å². The van der Waals surface area contributed by atoms with Crippen molar-refractivity contribution in [3.8, 4) is 6.07 Å². The number of aliphatic hydroxyl groups is 1. The van der Waals surface area contributed by atoms with Gasteiger partial charge in [0.15, 0.2) is 0 Å². The Morgan fingerprint density at radius 2 is 1.77 bits per heavy atom. The second-order valence-electron chi connectivity index (χ2n) is 10.9. The maximum Gasteiger partial charge on any atom is 0.0756 e. The van der Waals surface area contributed by atoms with Crippen molar-refractivity contribution in [2.24, 2.45) is 46.3 Å². The molecule has 4 aliphatic rings. The van der Waals surface area contributed by atoms with Gasteiger partial charge < -0.3 is 5.11 Å². The van der Waals surface area contributed by atoms with Crippen molar-refractivity contribution in [2.45, 2.75) is 84.2 Å². The summed E-state index contributed by atoms with van der Waals surface area (Å²) in [6.07, 6.45) is 13.0. The highest BCUT2D eigenvalue weighted by molar-refractivity contribution is 5.18. The summed E-state index contributed by atoms with van der Waals surface area (Å²) in [6, 6.07) is 2.61. The lowest BCUT2D eigenvalue weighted by Gasteiger charge is -2.57. The summed E-state index contributed by atoms with van der Waals surface area (Å²) >= 11 is 0. The smallest absolute Gasteiger partial charge is 0.0756 e. The molecule has 0 spiro atoms. The van der Waals surface area contributed by atoms with Gasteiger partial charge in [0.05, 0.1) is 17.1 Å². The van der Waals surface area contributed by atoms with E-state index in [0.717, 1.165) is 42.4 Å². The molecule has 4 saturated carbocycles. The monoisotopic (exact) mass is 355 g/mol. The van der Waals surface area contributed by atoms with Crippen molar-refractivity contribution in [2.75, 3.05) is 0 Å². The van der Waals surface area contributed by atoms with Crippen LogP contribution in [0.1, 0.15) is 78.6 Å². The molecule has 9 atom stereocenters. The Morgan fingerprint density at radius 3 is 2.46 bits per heavy atom. The van der Waals surface area contributed by atoms with Crippen LogP contribution < -0.4 is 0 Å². The minimum atomic E-state index is -0.422. The second kappa shape index (κ2) is 6.10. The zero-order valence-corrected chi connectivity index (χ0v) is 17.0. The van der Waals surface area contributed by atoms with Crippen LogP contribution in [0.25, 0.3) is 0 Å². The average molecular weight is 356 g/mol. The van der Waals surface area contributed by atoms with Gasteiger partial charge in [0.25, 0.3) is 0 Å². The summed E-state index contributed by atoms with van der Waals surface area (Å²) in [5, 5.41) is 20.4. The fourth-order valence-electron chi connectivity index (χ4n) is 8.33. The summed E-state index contributed by atoms with van der Waals surface area (Å²) < 4.78 is 0. The number of hydrogen-bond donors (Lipinski definition) is 1. The molecule has 0 saturated heterocycles. The lowest BCUT2D eigenvalue weighted by Crippen LogP contribution is -2.51. The van der Waals surface area contributed by atoms with E-state index >= 15 is 0 Å². The summed E-state index contributed by atoms with van der Waals surface area (Å²) in [5.41, 5.74) is -0.488. The van der Waals surface area contributed by atoms with Gasteiger partial charge in [-0.3, -0.25) is 0 Å². The Labute approximate surface area is 160 Å². The molecule has 0 aromatic rings. The average Bonchev–Trinajstić information content (AvgIpc) is 2.97. The van der Waals surface area contributed by atoms with Crippen molar-refractivity contribution >= 4 is 0 Å². The molecule has 26 heavy (non-hydrogen) atoms. The van der Waals surface area contributed by atoms with Crippen molar-refractivity contribution in [1.82, 2.24) is 0 Å². The summed E-state index contributed by atoms with van der Waals surface area (Å²) in [4.78, 5) is 0. The molecule has 0 aromatic carbocycles. The zero-order valence-electron chi connectivity index (χ0n) is 17.0. The van der Waals surface area contributed by atoms with Crippen LogP contribution in [-0.2, 0) is 0 Å². The third-order valence-corrected chi connectivity index (χ3v) is 9.63. The van der Waals surface area contributed by atoms with Crippen LogP contribution in [0, 0.1) is 57.7 Å². The van der Waals surface area contributed by atoms with Crippen molar-refractivity contribution in [3.63, 3.8) is 0 Å². The summed E-state index contributed by atoms with van der Waals surface area (Å²) in [5.74, 6) is 4.59. The fraction of sp³-hybridized carbons (Fsp3) is 0.875. The minimum absolute atomic E-state index is 0.312. The van der Waals surface area contributed by atoms with Gasteiger partial charge in [0, 0.05) is 0 Å². The highest BCUT2D eigenvalue weighted by Gasteiger charge is 2.60. The van der Waals surface area contributed by atoms with Crippen LogP contribution >= 0.6 is 0 Å². The maximum atomic E-state index is 10.5. The molecule has 0 aliphatic heterocycles. The molecule has 4 aliphatic carbocycles. The van der Waals surface area contributed by atoms with Gasteiger partial charge in [-0.2, -0.15) is 5.26 Å². The van der Waals surface area contributed by atoms with Crippen molar-refractivity contribution in [1.29, 1.82) is 5.26 Å². The zero-order chi connectivity index (χ0) is 18.7. The Balaban J connectivity index is 1.57.